The highest BCUT2D eigenvalue weighted by molar-refractivity contribution is 7.13. The van der Waals surface area contributed by atoms with Crippen LogP contribution in [0.3, 0.4) is 0 Å². The number of ether oxygens (including phenoxy) is 1. The Hall–Kier alpha value is -2.03. The summed E-state index contributed by atoms with van der Waals surface area (Å²) in [5.74, 6) is -0.302. The number of unbranched alkanes of at least 4 members (excludes halogenated alkanes) is 2. The van der Waals surface area contributed by atoms with Crippen molar-refractivity contribution in [2.45, 2.75) is 90.0 Å². The predicted molar refractivity (Wildman–Crippen MR) is 142 cm³/mol. The Morgan fingerprint density at radius 1 is 1.30 bits per heavy atom. The Bertz CT molecular complexity index is 695. The number of terminal acetylenes is 1. The zero-order chi connectivity index (χ0) is 25.6. The van der Waals surface area contributed by atoms with Crippen LogP contribution in [0.2, 0.25) is 0 Å². The minimum Gasteiger partial charge on any atom is -0.477 e. The van der Waals surface area contributed by atoms with Gasteiger partial charge in [-0.2, -0.15) is 0 Å². The van der Waals surface area contributed by atoms with Crippen LogP contribution in [-0.2, 0) is 16.0 Å². The summed E-state index contributed by atoms with van der Waals surface area (Å²) in [6.45, 7) is 11.5. The summed E-state index contributed by atoms with van der Waals surface area (Å²) in [4.78, 5) is 22.7. The molecule has 0 amide bonds. The minimum absolute atomic E-state index is 0.0540. The van der Waals surface area contributed by atoms with E-state index >= 15 is 0 Å². The molecule has 3 atom stereocenters. The summed E-state index contributed by atoms with van der Waals surface area (Å²) in [5.41, 5.74) is 0. The van der Waals surface area contributed by atoms with E-state index in [-0.39, 0.29) is 12.1 Å². The average molecular weight is 497 g/mol. The van der Waals surface area contributed by atoms with Crippen molar-refractivity contribution in [1.29, 1.82) is 0 Å². The Morgan fingerprint density at radius 3 is 2.45 bits per heavy atom. The molecule has 1 aromatic rings. The van der Waals surface area contributed by atoms with E-state index in [1.165, 1.54) is 31.1 Å². The number of carbonyl (C=O) groups is 2. The predicted octanol–water partition coefficient (Wildman–Crippen LogP) is 7.91. The van der Waals surface area contributed by atoms with Crippen LogP contribution in [0.15, 0.2) is 37.4 Å². The molecule has 1 fully saturated rings. The number of carbonyl (C=O) groups excluding carboxylic acids is 1. The van der Waals surface area contributed by atoms with Crippen molar-refractivity contribution in [2.24, 2.45) is 5.92 Å². The fourth-order valence-corrected chi connectivity index (χ4v) is 4.64. The number of aromatic carboxylic acids is 1. The van der Waals surface area contributed by atoms with Crippen molar-refractivity contribution in [3.05, 3.63) is 47.2 Å². The number of carboxylic acid groups (broad SMARTS) is 1. The SMILES string of the molecule is C#C.C=C.CC(=O)O[C@H](C)CCCC/C=C/[C@H]1CC[C@@H](Cl)C1.CCCc1ccc(C(=O)O)s1. The van der Waals surface area contributed by atoms with E-state index in [0.29, 0.717) is 16.2 Å². The molecule has 0 spiro atoms. The van der Waals surface area contributed by atoms with Crippen molar-refractivity contribution in [1.82, 2.24) is 0 Å². The number of carboxylic acids is 1. The summed E-state index contributed by atoms with van der Waals surface area (Å²) >= 11 is 7.44. The van der Waals surface area contributed by atoms with Crippen molar-refractivity contribution in [3.63, 3.8) is 0 Å². The van der Waals surface area contributed by atoms with Gasteiger partial charge in [-0.25, -0.2) is 4.79 Å². The molecule has 186 valence electrons. The molecule has 1 aromatic heterocycles. The number of thiophene rings is 1. The van der Waals surface area contributed by atoms with Gasteiger partial charge in [-0.15, -0.1) is 48.9 Å². The minimum atomic E-state index is -0.822. The Morgan fingerprint density at radius 2 is 1.97 bits per heavy atom. The smallest absolute Gasteiger partial charge is 0.345 e. The first-order valence-corrected chi connectivity index (χ1v) is 12.7. The molecule has 1 aliphatic carbocycles. The van der Waals surface area contributed by atoms with Crippen molar-refractivity contribution < 1.29 is 19.4 Å². The standard InChI is InChI=1S/C15H25ClO2.C8H10O2S.C2H4.C2H2/c1-12(18-13(2)17)7-5-3-4-6-8-14-9-10-15(16)11-14;1-2-3-6-4-5-7(11-6)8(9)10;2*1-2/h6,8,12,14-15H,3-5,7,9-11H2,1-2H3;4-5H,2-3H2,1H3,(H,9,10);1-2H2;1-2H/b8-6+;;;/t12-,14+,15-;;;/m1.../s1. The Kier molecular flexibility index (Phi) is 21.9. The Labute approximate surface area is 210 Å². The lowest BCUT2D eigenvalue weighted by atomic mass is 10.1. The first kappa shape index (κ1) is 33.1. The summed E-state index contributed by atoms with van der Waals surface area (Å²) in [6, 6.07) is 3.55. The van der Waals surface area contributed by atoms with Gasteiger partial charge < -0.3 is 9.84 Å². The van der Waals surface area contributed by atoms with E-state index in [2.05, 4.69) is 45.1 Å². The first-order valence-electron chi connectivity index (χ1n) is 11.4. The molecule has 4 nitrogen and oxygen atoms in total. The molecule has 6 heteroatoms. The summed E-state index contributed by atoms with van der Waals surface area (Å²) in [5, 5.41) is 8.97. The number of alkyl halides is 1. The van der Waals surface area contributed by atoms with Gasteiger partial charge in [-0.3, -0.25) is 4.79 Å². The van der Waals surface area contributed by atoms with Gasteiger partial charge in [0.1, 0.15) is 4.88 Å². The van der Waals surface area contributed by atoms with Crippen molar-refractivity contribution in [2.75, 3.05) is 0 Å². The van der Waals surface area contributed by atoms with Crippen LogP contribution in [-0.4, -0.2) is 28.5 Å². The van der Waals surface area contributed by atoms with Gasteiger partial charge in [0.05, 0.1) is 6.10 Å². The number of halogens is 1. The largest absolute Gasteiger partial charge is 0.477 e. The molecule has 0 unspecified atom stereocenters. The maximum Gasteiger partial charge on any atom is 0.345 e. The van der Waals surface area contributed by atoms with E-state index in [1.807, 2.05) is 13.0 Å². The highest BCUT2D eigenvalue weighted by Crippen LogP contribution is 2.30. The number of hydrogen-bond acceptors (Lipinski definition) is 4. The van der Waals surface area contributed by atoms with Crippen LogP contribution in [0.5, 0.6) is 0 Å². The molecular formula is C27H41ClO4S. The maximum absolute atomic E-state index is 10.7. The Balaban J connectivity index is 0. The second kappa shape index (κ2) is 21.8. The lowest BCUT2D eigenvalue weighted by Gasteiger charge is -2.10. The molecule has 0 aromatic carbocycles. The van der Waals surface area contributed by atoms with E-state index in [9.17, 15) is 9.59 Å². The quantitative estimate of drug-likeness (QED) is 0.117. The number of hydrogen-bond donors (Lipinski definition) is 1. The summed E-state index contributed by atoms with van der Waals surface area (Å²) in [6.07, 6.45) is 22.6. The first-order chi connectivity index (χ1) is 15.8. The number of rotatable bonds is 10. The molecular weight excluding hydrogens is 456 g/mol. The van der Waals surface area contributed by atoms with Crippen LogP contribution >= 0.6 is 22.9 Å². The monoisotopic (exact) mass is 496 g/mol. The van der Waals surface area contributed by atoms with Crippen LogP contribution in [0.4, 0.5) is 0 Å². The van der Waals surface area contributed by atoms with Crippen LogP contribution in [0, 0.1) is 18.8 Å². The zero-order valence-corrected chi connectivity index (χ0v) is 22.0. The number of esters is 1. The lowest BCUT2D eigenvalue weighted by molar-refractivity contribution is -0.145. The van der Waals surface area contributed by atoms with Crippen molar-refractivity contribution in [3.8, 4) is 12.8 Å². The molecule has 1 N–H and O–H groups in total. The molecule has 2 rings (SSSR count). The van der Waals surface area contributed by atoms with E-state index < -0.39 is 5.97 Å². The average Bonchev–Trinajstić information content (AvgIpc) is 3.43. The van der Waals surface area contributed by atoms with Gasteiger partial charge in [-0.05, 0) is 76.3 Å². The van der Waals surface area contributed by atoms with E-state index in [1.54, 1.807) is 6.07 Å². The van der Waals surface area contributed by atoms with Crippen LogP contribution < -0.4 is 0 Å². The summed E-state index contributed by atoms with van der Waals surface area (Å²) in [7, 11) is 0. The van der Waals surface area contributed by atoms with Gasteiger partial charge in [0, 0.05) is 17.2 Å². The van der Waals surface area contributed by atoms with Gasteiger partial charge >= 0.3 is 11.9 Å². The molecule has 33 heavy (non-hydrogen) atoms. The molecule has 1 heterocycles. The third kappa shape index (κ3) is 18.1. The topological polar surface area (TPSA) is 63.6 Å². The lowest BCUT2D eigenvalue weighted by Crippen LogP contribution is -2.11. The molecule has 0 bridgehead atoms. The maximum atomic E-state index is 10.7. The molecule has 0 radical (unpaired) electrons. The number of aryl methyl sites for hydroxylation is 1. The van der Waals surface area contributed by atoms with Gasteiger partial charge in [0.25, 0.3) is 0 Å². The van der Waals surface area contributed by atoms with Crippen LogP contribution in [0.1, 0.15) is 86.7 Å². The third-order valence-corrected chi connectivity index (χ3v) is 6.31. The fourth-order valence-electron chi connectivity index (χ4n) is 3.33. The normalized spacial score (nSPS) is 17.4. The molecule has 0 saturated heterocycles. The molecule has 1 saturated carbocycles. The van der Waals surface area contributed by atoms with E-state index in [0.717, 1.165) is 49.8 Å². The van der Waals surface area contributed by atoms with Gasteiger partial charge in [0.2, 0.25) is 0 Å². The zero-order valence-electron chi connectivity index (χ0n) is 20.4. The van der Waals surface area contributed by atoms with Gasteiger partial charge in [-0.1, -0.05) is 25.5 Å². The molecule has 0 aliphatic heterocycles. The number of allylic oxidation sites excluding steroid dienone is 2. The second-order valence-electron chi connectivity index (χ2n) is 7.62. The highest BCUT2D eigenvalue weighted by atomic mass is 35.5. The highest BCUT2D eigenvalue weighted by Gasteiger charge is 2.20. The molecule has 1 aliphatic rings. The van der Waals surface area contributed by atoms with Crippen LogP contribution in [0.25, 0.3) is 0 Å². The second-order valence-corrected chi connectivity index (χ2v) is 9.41. The summed E-state index contributed by atoms with van der Waals surface area (Å²) < 4.78 is 5.08. The van der Waals surface area contributed by atoms with Gasteiger partial charge in [0.15, 0.2) is 0 Å². The van der Waals surface area contributed by atoms with E-state index in [4.69, 9.17) is 21.4 Å². The third-order valence-electron chi connectivity index (χ3n) is 4.78. The fraction of sp³-hybridized carbons (Fsp3) is 0.556. The van der Waals surface area contributed by atoms with Crippen molar-refractivity contribution >= 4 is 34.9 Å².